The predicted octanol–water partition coefficient (Wildman–Crippen LogP) is 12.9. The first kappa shape index (κ1) is 30.0. The molecule has 2 atom stereocenters. The molecule has 2 heteroatoms. The average molecular weight is 677 g/mol. The monoisotopic (exact) mass is 676 g/mol. The van der Waals surface area contributed by atoms with E-state index in [0.29, 0.717) is 0 Å². The smallest absolute Gasteiger partial charge is 0.0626 e. The Balaban J connectivity index is 1.12. The molecule has 11 rings (SSSR count). The molecule has 1 aromatic heterocycles. The van der Waals surface area contributed by atoms with Crippen molar-refractivity contribution in [1.82, 2.24) is 9.88 Å². The van der Waals surface area contributed by atoms with E-state index in [1.54, 1.807) is 0 Å². The average Bonchev–Trinajstić information content (AvgIpc) is 3.59. The lowest BCUT2D eigenvalue weighted by molar-refractivity contribution is 0.529. The van der Waals surface area contributed by atoms with Crippen molar-refractivity contribution in [2.24, 2.45) is 5.92 Å². The third-order valence-electron chi connectivity index (χ3n) is 11.5. The summed E-state index contributed by atoms with van der Waals surface area (Å²) in [6.07, 6.45) is 13.0. The minimum absolute atomic E-state index is 0.103. The molecule has 0 saturated carbocycles. The maximum Gasteiger partial charge on any atom is 0.0626 e. The molecule has 8 aromatic carbocycles. The van der Waals surface area contributed by atoms with Gasteiger partial charge in [-0.3, -0.25) is 0 Å². The molecular formula is C51H36N2. The highest BCUT2D eigenvalue weighted by Gasteiger charge is 2.27. The summed E-state index contributed by atoms with van der Waals surface area (Å²) in [5.74, 6) is 0.238. The Morgan fingerprint density at radius 1 is 0.509 bits per heavy atom. The van der Waals surface area contributed by atoms with Gasteiger partial charge in [-0.2, -0.15) is 0 Å². The molecule has 250 valence electrons. The molecule has 2 unspecified atom stereocenters. The number of hydrogen-bond acceptors (Lipinski definition) is 1. The van der Waals surface area contributed by atoms with Gasteiger partial charge in [-0.25, -0.2) is 0 Å². The Hall–Kier alpha value is -6.64. The lowest BCUT2D eigenvalue weighted by Gasteiger charge is -2.31. The van der Waals surface area contributed by atoms with Crippen molar-refractivity contribution in [2.75, 3.05) is 0 Å². The van der Waals surface area contributed by atoms with E-state index in [1.165, 1.54) is 87.3 Å². The van der Waals surface area contributed by atoms with E-state index in [0.717, 1.165) is 12.1 Å². The molecule has 0 fully saturated rings. The minimum Gasteiger partial charge on any atom is -0.378 e. The van der Waals surface area contributed by atoms with Gasteiger partial charge < -0.3 is 9.88 Å². The maximum atomic E-state index is 4.02. The zero-order chi connectivity index (χ0) is 34.9. The Labute approximate surface area is 308 Å². The summed E-state index contributed by atoms with van der Waals surface area (Å²) in [7, 11) is 0. The van der Waals surface area contributed by atoms with Gasteiger partial charge in [0.25, 0.3) is 0 Å². The maximum absolute atomic E-state index is 4.02. The highest BCUT2D eigenvalue weighted by molar-refractivity contribution is 6.37. The summed E-state index contributed by atoms with van der Waals surface area (Å²) in [4.78, 5) is 0. The molecule has 0 amide bonds. The van der Waals surface area contributed by atoms with E-state index in [9.17, 15) is 0 Å². The topological polar surface area (TPSA) is 17.0 Å². The molecule has 2 aliphatic rings. The van der Waals surface area contributed by atoms with Gasteiger partial charge in [0.05, 0.1) is 17.1 Å². The van der Waals surface area contributed by atoms with Crippen LogP contribution in [-0.2, 0) is 0 Å². The Morgan fingerprint density at radius 3 is 2.08 bits per heavy atom. The van der Waals surface area contributed by atoms with Crippen LogP contribution in [0.2, 0.25) is 0 Å². The Kier molecular flexibility index (Phi) is 6.78. The second-order valence-electron chi connectivity index (χ2n) is 14.5. The van der Waals surface area contributed by atoms with E-state index in [4.69, 9.17) is 0 Å². The zero-order valence-electron chi connectivity index (χ0n) is 29.2. The third-order valence-corrected chi connectivity index (χ3v) is 11.5. The largest absolute Gasteiger partial charge is 0.378 e. The van der Waals surface area contributed by atoms with E-state index in [1.807, 2.05) is 0 Å². The summed E-state index contributed by atoms with van der Waals surface area (Å²) in [6, 6.07) is 57.8. The van der Waals surface area contributed by atoms with Gasteiger partial charge >= 0.3 is 0 Å². The van der Waals surface area contributed by atoms with Crippen LogP contribution in [0.1, 0.15) is 17.5 Å². The number of dihydropyridines is 1. The highest BCUT2D eigenvalue weighted by atomic mass is 15.0. The van der Waals surface area contributed by atoms with E-state index < -0.39 is 0 Å². The van der Waals surface area contributed by atoms with Gasteiger partial charge in [-0.1, -0.05) is 164 Å². The van der Waals surface area contributed by atoms with Crippen LogP contribution >= 0.6 is 0 Å². The predicted molar refractivity (Wildman–Crippen MR) is 227 cm³/mol. The quantitative estimate of drug-likeness (QED) is 0.184. The number of nitrogens with one attached hydrogen (secondary N) is 1. The standard InChI is InChI=1S/C51H36N2/c1-2-13-33(14-3-1)39-31-46(52-47(32-39)38-26-25-34-15-4-5-17-36(34)29-38)37-18-12-19-40(30-37)53-48-24-11-10-23-45(48)50-49-41-20-7-6-16-35(41)27-28-43(49)42-21-8-9-22-44(42)51(50)53/h1-17,19-32,37,46,52H,18H2. The van der Waals surface area contributed by atoms with Crippen molar-refractivity contribution < 1.29 is 0 Å². The Morgan fingerprint density at radius 2 is 1.21 bits per heavy atom. The number of aromatic nitrogens is 1. The van der Waals surface area contributed by atoms with Crippen molar-refractivity contribution >= 4 is 81.9 Å². The van der Waals surface area contributed by atoms with Crippen molar-refractivity contribution in [3.63, 3.8) is 0 Å². The van der Waals surface area contributed by atoms with Crippen LogP contribution in [0, 0.1) is 5.92 Å². The molecule has 0 bridgehead atoms. The number of nitrogens with zero attached hydrogens (tertiary/aromatic N) is 1. The first-order chi connectivity index (χ1) is 26.3. The van der Waals surface area contributed by atoms with Crippen LogP contribution in [0.5, 0.6) is 0 Å². The number of allylic oxidation sites excluding steroid dienone is 5. The fourth-order valence-electron chi connectivity index (χ4n) is 9.02. The molecule has 1 aliphatic carbocycles. The molecule has 9 aromatic rings. The van der Waals surface area contributed by atoms with Crippen molar-refractivity contribution in [2.45, 2.75) is 12.5 Å². The molecule has 2 heterocycles. The van der Waals surface area contributed by atoms with Gasteiger partial charge in [0.1, 0.15) is 0 Å². The number of benzene rings is 8. The first-order valence-corrected chi connectivity index (χ1v) is 18.7. The lowest BCUT2D eigenvalue weighted by atomic mass is 9.86. The van der Waals surface area contributed by atoms with Crippen LogP contribution in [-0.4, -0.2) is 10.6 Å². The summed E-state index contributed by atoms with van der Waals surface area (Å²) in [6.45, 7) is 0. The molecule has 53 heavy (non-hydrogen) atoms. The summed E-state index contributed by atoms with van der Waals surface area (Å²) in [5.41, 5.74) is 8.58. The number of para-hydroxylation sites is 1. The zero-order valence-corrected chi connectivity index (χ0v) is 29.2. The summed E-state index contributed by atoms with van der Waals surface area (Å²) >= 11 is 0. The second kappa shape index (κ2) is 12.0. The van der Waals surface area contributed by atoms with Gasteiger partial charge in [-0.05, 0) is 79.7 Å². The molecule has 0 spiro atoms. The summed E-state index contributed by atoms with van der Waals surface area (Å²) < 4.78 is 2.54. The molecular weight excluding hydrogens is 641 g/mol. The number of rotatable bonds is 4. The van der Waals surface area contributed by atoms with Crippen LogP contribution < -0.4 is 5.32 Å². The first-order valence-electron chi connectivity index (χ1n) is 18.7. The highest BCUT2D eigenvalue weighted by Crippen LogP contribution is 2.45. The number of fused-ring (bicyclic) bond motifs is 11. The lowest BCUT2D eigenvalue weighted by Crippen LogP contribution is -2.35. The van der Waals surface area contributed by atoms with Crippen LogP contribution in [0.4, 0.5) is 0 Å². The fourth-order valence-corrected chi connectivity index (χ4v) is 9.02. The minimum atomic E-state index is 0.103. The van der Waals surface area contributed by atoms with E-state index in [2.05, 4.69) is 198 Å². The molecule has 1 N–H and O–H groups in total. The van der Waals surface area contributed by atoms with E-state index in [-0.39, 0.29) is 12.0 Å². The van der Waals surface area contributed by atoms with Crippen molar-refractivity contribution in [3.05, 3.63) is 199 Å². The van der Waals surface area contributed by atoms with E-state index >= 15 is 0 Å². The summed E-state index contributed by atoms with van der Waals surface area (Å²) in [5, 5.41) is 16.9. The second-order valence-corrected chi connectivity index (χ2v) is 14.5. The molecule has 0 radical (unpaired) electrons. The van der Waals surface area contributed by atoms with Gasteiger partial charge in [0.2, 0.25) is 0 Å². The van der Waals surface area contributed by atoms with Crippen LogP contribution in [0.3, 0.4) is 0 Å². The molecule has 0 saturated heterocycles. The van der Waals surface area contributed by atoms with Gasteiger partial charge in [0, 0.05) is 38.9 Å². The Bertz CT molecular complexity index is 3060. The number of hydrogen-bond donors (Lipinski definition) is 1. The van der Waals surface area contributed by atoms with Crippen molar-refractivity contribution in [1.29, 1.82) is 0 Å². The van der Waals surface area contributed by atoms with Crippen molar-refractivity contribution in [3.8, 4) is 0 Å². The van der Waals surface area contributed by atoms with Crippen LogP contribution in [0.25, 0.3) is 81.9 Å². The van der Waals surface area contributed by atoms with Crippen LogP contribution in [0.15, 0.2) is 188 Å². The fraction of sp³-hybridized carbons (Fsp3) is 0.0588. The molecule has 2 nitrogen and oxygen atoms in total. The van der Waals surface area contributed by atoms with Gasteiger partial charge in [0.15, 0.2) is 0 Å². The molecule has 1 aliphatic heterocycles. The normalized spacial score (nSPS) is 17.4. The SMILES string of the molecule is C1=CC(n2c3ccccc3c3c4c5ccccc5ccc4c4ccccc4c32)=CC(C2C=C(c3ccccc3)C=C(c3ccc4ccccc4c3)N2)C1. The van der Waals surface area contributed by atoms with Gasteiger partial charge in [-0.15, -0.1) is 0 Å². The third kappa shape index (κ3) is 4.80.